The van der Waals surface area contributed by atoms with Crippen molar-refractivity contribution in [3.8, 4) is 0 Å². The van der Waals surface area contributed by atoms with Crippen LogP contribution in [0.15, 0.2) is 46.7 Å². The second-order valence-electron chi connectivity index (χ2n) is 5.44. The summed E-state index contributed by atoms with van der Waals surface area (Å²) in [5.74, 6) is 1.63. The maximum atomic E-state index is 12.1. The number of amides is 1. The van der Waals surface area contributed by atoms with Gasteiger partial charge in [-0.2, -0.15) is 11.8 Å². The van der Waals surface area contributed by atoms with Crippen LogP contribution in [0.5, 0.6) is 0 Å². The van der Waals surface area contributed by atoms with Gasteiger partial charge in [0.15, 0.2) is 0 Å². The van der Waals surface area contributed by atoms with Crippen molar-refractivity contribution in [2.24, 2.45) is 0 Å². The molecule has 0 aliphatic carbocycles. The van der Waals surface area contributed by atoms with Crippen LogP contribution < -0.4 is 10.0 Å². The molecule has 8 heteroatoms. The molecule has 5 nitrogen and oxygen atoms in total. The Morgan fingerprint density at radius 2 is 1.92 bits per heavy atom. The first-order chi connectivity index (χ1) is 12.0. The van der Waals surface area contributed by atoms with Gasteiger partial charge in [-0.05, 0) is 30.5 Å². The number of benzene rings is 1. The average Bonchev–Trinajstić information content (AvgIpc) is 3.08. The van der Waals surface area contributed by atoms with Crippen LogP contribution >= 0.6 is 23.1 Å². The average molecular weight is 399 g/mol. The van der Waals surface area contributed by atoms with E-state index in [0.29, 0.717) is 6.54 Å². The summed E-state index contributed by atoms with van der Waals surface area (Å²) >= 11 is 3.49. The van der Waals surface area contributed by atoms with Crippen LogP contribution in [0.1, 0.15) is 16.9 Å². The van der Waals surface area contributed by atoms with Gasteiger partial charge in [-0.1, -0.05) is 23.8 Å². The minimum Gasteiger partial charge on any atom is -0.355 e. The minimum atomic E-state index is -3.56. The van der Waals surface area contributed by atoms with Gasteiger partial charge in [0.2, 0.25) is 15.9 Å². The van der Waals surface area contributed by atoms with Crippen LogP contribution in [0.3, 0.4) is 0 Å². The molecule has 0 fully saturated rings. The molecule has 1 amide bonds. The number of hydrogen-bond donors (Lipinski definition) is 2. The lowest BCUT2D eigenvalue weighted by atomic mass is 10.2. The van der Waals surface area contributed by atoms with E-state index in [9.17, 15) is 13.2 Å². The fourth-order valence-corrected chi connectivity index (χ4v) is 4.75. The topological polar surface area (TPSA) is 75.3 Å². The Balaban J connectivity index is 1.60. The Bertz CT molecular complexity index is 757. The summed E-state index contributed by atoms with van der Waals surface area (Å²) in [6.07, 6.45) is 0.126. The van der Waals surface area contributed by atoms with Crippen LogP contribution in [0, 0.1) is 6.92 Å². The molecule has 1 aromatic heterocycles. The van der Waals surface area contributed by atoms with Crippen molar-refractivity contribution < 1.29 is 13.2 Å². The molecule has 2 aromatic rings. The third-order valence-electron chi connectivity index (χ3n) is 3.37. The smallest absolute Gasteiger partial charge is 0.240 e. The lowest BCUT2D eigenvalue weighted by molar-refractivity contribution is -0.120. The quantitative estimate of drug-likeness (QED) is 0.604. The molecule has 25 heavy (non-hydrogen) atoms. The van der Waals surface area contributed by atoms with Gasteiger partial charge in [0, 0.05) is 35.9 Å². The van der Waals surface area contributed by atoms with Gasteiger partial charge in [-0.15, -0.1) is 11.3 Å². The molecule has 0 aliphatic heterocycles. The van der Waals surface area contributed by atoms with Crippen LogP contribution in [0.2, 0.25) is 0 Å². The fourth-order valence-electron chi connectivity index (χ4n) is 2.02. The summed E-state index contributed by atoms with van der Waals surface area (Å²) in [6, 6.07) is 10.7. The summed E-state index contributed by atoms with van der Waals surface area (Å²) in [7, 11) is -3.56. The molecule has 0 atom stereocenters. The van der Waals surface area contributed by atoms with Crippen molar-refractivity contribution in [3.63, 3.8) is 0 Å². The third kappa shape index (κ3) is 7.19. The Hall–Kier alpha value is -1.35. The summed E-state index contributed by atoms with van der Waals surface area (Å²) in [5.41, 5.74) is 0.996. The lowest BCUT2D eigenvalue weighted by Crippen LogP contribution is -2.31. The molecule has 2 N–H and O–H groups in total. The summed E-state index contributed by atoms with van der Waals surface area (Å²) < 4.78 is 26.6. The maximum Gasteiger partial charge on any atom is 0.240 e. The van der Waals surface area contributed by atoms with Gasteiger partial charge in [-0.3, -0.25) is 4.79 Å². The van der Waals surface area contributed by atoms with Crippen molar-refractivity contribution in [2.75, 3.05) is 18.8 Å². The number of thioether (sulfide) groups is 1. The molecule has 0 unspecified atom stereocenters. The number of rotatable bonds is 10. The van der Waals surface area contributed by atoms with Crippen molar-refractivity contribution in [3.05, 3.63) is 52.2 Å². The summed E-state index contributed by atoms with van der Waals surface area (Å²) in [6.45, 7) is 2.57. The first-order valence-electron chi connectivity index (χ1n) is 7.90. The van der Waals surface area contributed by atoms with E-state index in [2.05, 4.69) is 21.5 Å². The van der Waals surface area contributed by atoms with E-state index >= 15 is 0 Å². The Morgan fingerprint density at radius 1 is 1.16 bits per heavy atom. The Morgan fingerprint density at radius 3 is 2.60 bits per heavy atom. The molecule has 0 bridgehead atoms. The zero-order valence-electron chi connectivity index (χ0n) is 14.0. The van der Waals surface area contributed by atoms with Gasteiger partial charge in [0.25, 0.3) is 0 Å². The molecule has 136 valence electrons. The third-order valence-corrected chi connectivity index (χ3v) is 6.91. The fraction of sp³-hybridized carbons (Fsp3) is 0.353. The monoisotopic (exact) mass is 398 g/mol. The predicted molar refractivity (Wildman–Crippen MR) is 104 cm³/mol. The Kier molecular flexibility index (Phi) is 7.95. The van der Waals surface area contributed by atoms with Crippen LogP contribution in [-0.4, -0.2) is 33.2 Å². The normalized spacial score (nSPS) is 11.4. The first kappa shape index (κ1) is 20.0. The maximum absolute atomic E-state index is 12.1. The zero-order valence-corrected chi connectivity index (χ0v) is 16.5. The van der Waals surface area contributed by atoms with Gasteiger partial charge >= 0.3 is 0 Å². The number of aryl methyl sites for hydroxylation is 1. The highest BCUT2D eigenvalue weighted by atomic mass is 32.2. The van der Waals surface area contributed by atoms with Crippen LogP contribution in [-0.2, 0) is 20.6 Å². The largest absolute Gasteiger partial charge is 0.355 e. The van der Waals surface area contributed by atoms with Crippen LogP contribution in [0.25, 0.3) is 0 Å². The number of sulfonamides is 1. The number of hydrogen-bond acceptors (Lipinski definition) is 5. The molecular formula is C17H22N2O3S3. The molecule has 0 spiro atoms. The van der Waals surface area contributed by atoms with Crippen molar-refractivity contribution in [1.82, 2.24) is 10.0 Å². The van der Waals surface area contributed by atoms with E-state index in [1.807, 2.05) is 13.0 Å². The molecule has 0 saturated carbocycles. The highest BCUT2D eigenvalue weighted by Crippen LogP contribution is 2.16. The second kappa shape index (κ2) is 9.96. The van der Waals surface area contributed by atoms with E-state index in [4.69, 9.17) is 0 Å². The van der Waals surface area contributed by atoms with Gasteiger partial charge in [-0.25, -0.2) is 13.1 Å². The summed E-state index contributed by atoms with van der Waals surface area (Å²) in [5, 5.41) is 4.86. The SMILES string of the molecule is Cc1ccc(S(=O)(=O)NCCC(=O)NCCSCc2cccs2)cc1. The van der Waals surface area contributed by atoms with E-state index in [1.165, 1.54) is 4.88 Å². The lowest BCUT2D eigenvalue weighted by Gasteiger charge is -2.08. The van der Waals surface area contributed by atoms with Gasteiger partial charge in [0.05, 0.1) is 4.90 Å². The van der Waals surface area contributed by atoms with E-state index in [1.54, 1.807) is 47.4 Å². The Labute approximate surface area is 157 Å². The van der Waals surface area contributed by atoms with Gasteiger partial charge in [0.1, 0.15) is 0 Å². The van der Waals surface area contributed by atoms with E-state index in [-0.39, 0.29) is 23.8 Å². The molecular weight excluding hydrogens is 376 g/mol. The molecule has 2 rings (SSSR count). The number of carbonyl (C=O) groups is 1. The number of carbonyl (C=O) groups excluding carboxylic acids is 1. The van der Waals surface area contributed by atoms with Crippen molar-refractivity contribution >= 4 is 39.0 Å². The van der Waals surface area contributed by atoms with Crippen molar-refractivity contribution in [2.45, 2.75) is 24.0 Å². The van der Waals surface area contributed by atoms with Crippen molar-refractivity contribution in [1.29, 1.82) is 0 Å². The molecule has 0 radical (unpaired) electrons. The predicted octanol–water partition coefficient (Wildman–Crippen LogP) is 2.77. The highest BCUT2D eigenvalue weighted by Gasteiger charge is 2.13. The highest BCUT2D eigenvalue weighted by molar-refractivity contribution is 7.98. The minimum absolute atomic E-state index is 0.0877. The number of thiophene rings is 1. The van der Waals surface area contributed by atoms with Gasteiger partial charge < -0.3 is 5.32 Å². The summed E-state index contributed by atoms with van der Waals surface area (Å²) in [4.78, 5) is 13.3. The number of nitrogens with one attached hydrogen (secondary N) is 2. The molecule has 0 aliphatic rings. The second-order valence-corrected chi connectivity index (χ2v) is 9.35. The molecule has 1 aromatic carbocycles. The van der Waals surface area contributed by atoms with Crippen LogP contribution in [0.4, 0.5) is 0 Å². The molecule has 0 saturated heterocycles. The standard InChI is InChI=1S/C17H22N2O3S3/c1-14-4-6-16(7-5-14)25(21,22)19-9-8-17(20)18-10-12-23-13-15-3-2-11-24-15/h2-7,11,19H,8-10,12-13H2,1H3,(H,18,20). The first-order valence-corrected chi connectivity index (χ1v) is 11.4. The molecule has 1 heterocycles. The zero-order chi connectivity index (χ0) is 18.1. The van der Waals surface area contributed by atoms with E-state index < -0.39 is 10.0 Å². The van der Waals surface area contributed by atoms with E-state index in [0.717, 1.165) is 17.1 Å².